The SMILES string of the molecule is OC(CCF)(c1ccccc1)c1cccs1. The molecule has 0 aliphatic carbocycles. The molecule has 0 spiro atoms. The second-order valence-corrected chi connectivity index (χ2v) is 4.59. The molecule has 1 unspecified atom stereocenters. The van der Waals surface area contributed by atoms with E-state index in [4.69, 9.17) is 0 Å². The van der Waals surface area contributed by atoms with E-state index in [-0.39, 0.29) is 6.42 Å². The molecule has 0 saturated carbocycles. The maximum atomic E-state index is 12.6. The Balaban J connectivity index is 2.44. The van der Waals surface area contributed by atoms with E-state index in [2.05, 4.69) is 0 Å². The quantitative estimate of drug-likeness (QED) is 0.863. The van der Waals surface area contributed by atoms with Gasteiger partial charge in [0.15, 0.2) is 0 Å². The fourth-order valence-electron chi connectivity index (χ4n) is 1.77. The number of benzene rings is 1. The van der Waals surface area contributed by atoms with Gasteiger partial charge in [-0.25, -0.2) is 0 Å². The molecule has 2 rings (SSSR count). The minimum atomic E-state index is -1.19. The number of hydrogen-bond acceptors (Lipinski definition) is 2. The summed E-state index contributed by atoms with van der Waals surface area (Å²) in [6.07, 6.45) is 0.0948. The Hall–Kier alpha value is -1.19. The lowest BCUT2D eigenvalue weighted by Gasteiger charge is -2.26. The van der Waals surface area contributed by atoms with Crippen LogP contribution in [0.2, 0.25) is 0 Å². The van der Waals surface area contributed by atoms with Crippen molar-refractivity contribution >= 4 is 11.3 Å². The summed E-state index contributed by atoms with van der Waals surface area (Å²) in [5.41, 5.74) is -0.445. The zero-order valence-electron chi connectivity index (χ0n) is 8.77. The van der Waals surface area contributed by atoms with Gasteiger partial charge in [0.2, 0.25) is 0 Å². The van der Waals surface area contributed by atoms with Crippen LogP contribution in [-0.4, -0.2) is 11.8 Å². The van der Waals surface area contributed by atoms with E-state index in [0.29, 0.717) is 0 Å². The molecule has 84 valence electrons. The molecule has 0 radical (unpaired) electrons. The van der Waals surface area contributed by atoms with E-state index in [1.165, 1.54) is 11.3 Å². The Bertz CT molecular complexity index is 426. The zero-order valence-corrected chi connectivity index (χ0v) is 9.58. The second-order valence-electron chi connectivity index (χ2n) is 3.64. The maximum Gasteiger partial charge on any atom is 0.126 e. The summed E-state index contributed by atoms with van der Waals surface area (Å²) in [5.74, 6) is 0. The summed E-state index contributed by atoms with van der Waals surface area (Å²) in [5, 5.41) is 12.5. The van der Waals surface area contributed by atoms with Gasteiger partial charge < -0.3 is 5.11 Å². The summed E-state index contributed by atoms with van der Waals surface area (Å²) >= 11 is 1.45. The molecule has 0 amide bonds. The first kappa shape index (κ1) is 11.3. The molecule has 3 heteroatoms. The summed E-state index contributed by atoms with van der Waals surface area (Å²) in [6, 6.07) is 13.0. The van der Waals surface area contributed by atoms with E-state index in [1.54, 1.807) is 0 Å². The number of alkyl halides is 1. The number of rotatable bonds is 4. The van der Waals surface area contributed by atoms with Crippen LogP contribution < -0.4 is 0 Å². The molecule has 16 heavy (non-hydrogen) atoms. The fourth-order valence-corrected chi connectivity index (χ4v) is 2.65. The smallest absolute Gasteiger partial charge is 0.126 e. The molecular weight excluding hydrogens is 223 g/mol. The van der Waals surface area contributed by atoms with Crippen LogP contribution in [0.3, 0.4) is 0 Å². The van der Waals surface area contributed by atoms with Gasteiger partial charge in [-0.1, -0.05) is 36.4 Å². The molecule has 0 bridgehead atoms. The molecule has 0 aliphatic heterocycles. The van der Waals surface area contributed by atoms with E-state index in [0.717, 1.165) is 10.4 Å². The first-order valence-electron chi connectivity index (χ1n) is 5.15. The van der Waals surface area contributed by atoms with Crippen molar-refractivity contribution in [2.45, 2.75) is 12.0 Å². The molecule has 0 fully saturated rings. The third kappa shape index (κ3) is 2.01. The first-order valence-corrected chi connectivity index (χ1v) is 6.03. The van der Waals surface area contributed by atoms with Crippen molar-refractivity contribution in [1.29, 1.82) is 0 Å². The van der Waals surface area contributed by atoms with Gasteiger partial charge in [0, 0.05) is 11.3 Å². The average Bonchev–Trinajstić information content (AvgIpc) is 2.84. The predicted octanol–water partition coefficient (Wildman–Crippen LogP) is 3.34. The number of hydrogen-bond donors (Lipinski definition) is 1. The minimum absolute atomic E-state index is 0.0948. The zero-order chi connectivity index (χ0) is 11.4. The second kappa shape index (κ2) is 4.76. The largest absolute Gasteiger partial charge is 0.379 e. The van der Waals surface area contributed by atoms with Crippen LogP contribution in [0, 0.1) is 0 Å². The summed E-state index contributed by atoms with van der Waals surface area (Å²) < 4.78 is 12.6. The summed E-state index contributed by atoms with van der Waals surface area (Å²) in [7, 11) is 0. The highest BCUT2D eigenvalue weighted by Gasteiger charge is 2.31. The number of thiophene rings is 1. The Kier molecular flexibility index (Phi) is 3.36. The lowest BCUT2D eigenvalue weighted by molar-refractivity contribution is 0.0670. The van der Waals surface area contributed by atoms with Crippen molar-refractivity contribution in [3.05, 3.63) is 58.3 Å². The lowest BCUT2D eigenvalue weighted by atomic mass is 9.89. The molecule has 1 atom stereocenters. The summed E-state index contributed by atoms with van der Waals surface area (Å²) in [4.78, 5) is 0.788. The van der Waals surface area contributed by atoms with E-state index in [9.17, 15) is 9.50 Å². The third-order valence-corrected chi connectivity index (χ3v) is 3.66. The molecule has 1 N–H and O–H groups in total. The van der Waals surface area contributed by atoms with Gasteiger partial charge in [0.05, 0.1) is 6.67 Å². The van der Waals surface area contributed by atoms with Gasteiger partial charge >= 0.3 is 0 Å². The Labute approximate surface area is 98.2 Å². The van der Waals surface area contributed by atoms with Crippen molar-refractivity contribution in [2.75, 3.05) is 6.67 Å². The molecule has 1 aromatic carbocycles. The fraction of sp³-hybridized carbons (Fsp3) is 0.231. The highest BCUT2D eigenvalue weighted by Crippen LogP contribution is 2.35. The predicted molar refractivity (Wildman–Crippen MR) is 64.4 cm³/mol. The van der Waals surface area contributed by atoms with Crippen LogP contribution in [0.4, 0.5) is 4.39 Å². The number of aliphatic hydroxyl groups is 1. The minimum Gasteiger partial charge on any atom is -0.379 e. The van der Waals surface area contributed by atoms with Gasteiger partial charge in [0.25, 0.3) is 0 Å². The monoisotopic (exact) mass is 236 g/mol. The standard InChI is InChI=1S/C13H13FOS/c14-9-8-13(15,12-7-4-10-16-12)11-5-2-1-3-6-11/h1-7,10,15H,8-9H2. The van der Waals surface area contributed by atoms with Crippen LogP contribution in [-0.2, 0) is 5.60 Å². The first-order chi connectivity index (χ1) is 7.77. The number of halogens is 1. The van der Waals surface area contributed by atoms with Gasteiger partial charge in [-0.05, 0) is 17.0 Å². The molecule has 1 heterocycles. The van der Waals surface area contributed by atoms with Crippen LogP contribution >= 0.6 is 11.3 Å². The molecular formula is C13H13FOS. The van der Waals surface area contributed by atoms with Crippen molar-refractivity contribution in [3.8, 4) is 0 Å². The highest BCUT2D eigenvalue weighted by atomic mass is 32.1. The topological polar surface area (TPSA) is 20.2 Å². The van der Waals surface area contributed by atoms with Crippen LogP contribution in [0.25, 0.3) is 0 Å². The molecule has 2 aromatic rings. The van der Waals surface area contributed by atoms with Gasteiger partial charge in [-0.2, -0.15) is 0 Å². The van der Waals surface area contributed by atoms with Crippen molar-refractivity contribution in [3.63, 3.8) is 0 Å². The normalized spacial score (nSPS) is 14.6. The van der Waals surface area contributed by atoms with Crippen molar-refractivity contribution in [2.24, 2.45) is 0 Å². The van der Waals surface area contributed by atoms with Crippen LogP contribution in [0.15, 0.2) is 47.8 Å². The van der Waals surface area contributed by atoms with E-state index < -0.39 is 12.3 Å². The Morgan fingerprint density at radius 1 is 1.12 bits per heavy atom. The van der Waals surface area contributed by atoms with Crippen LogP contribution in [0.5, 0.6) is 0 Å². The van der Waals surface area contributed by atoms with Gasteiger partial charge in [-0.3, -0.25) is 4.39 Å². The molecule has 0 aliphatic rings. The average molecular weight is 236 g/mol. The van der Waals surface area contributed by atoms with E-state index in [1.807, 2.05) is 47.8 Å². The highest BCUT2D eigenvalue weighted by molar-refractivity contribution is 7.10. The van der Waals surface area contributed by atoms with E-state index >= 15 is 0 Å². The Morgan fingerprint density at radius 2 is 1.88 bits per heavy atom. The van der Waals surface area contributed by atoms with Gasteiger partial charge in [-0.15, -0.1) is 11.3 Å². The van der Waals surface area contributed by atoms with Crippen LogP contribution in [0.1, 0.15) is 16.9 Å². The van der Waals surface area contributed by atoms with Crippen molar-refractivity contribution < 1.29 is 9.50 Å². The third-order valence-electron chi connectivity index (χ3n) is 2.64. The van der Waals surface area contributed by atoms with Crippen molar-refractivity contribution in [1.82, 2.24) is 0 Å². The Morgan fingerprint density at radius 3 is 2.44 bits per heavy atom. The van der Waals surface area contributed by atoms with Gasteiger partial charge in [0.1, 0.15) is 5.60 Å². The lowest BCUT2D eigenvalue weighted by Crippen LogP contribution is -2.26. The maximum absolute atomic E-state index is 12.6. The molecule has 1 aromatic heterocycles. The summed E-state index contributed by atoms with van der Waals surface area (Å²) in [6.45, 7) is -0.538. The molecule has 1 nitrogen and oxygen atoms in total. The molecule has 0 saturated heterocycles.